The molecule has 0 radical (unpaired) electrons. The third-order valence-electron chi connectivity index (χ3n) is 3.63. The summed E-state index contributed by atoms with van der Waals surface area (Å²) in [7, 11) is -4.08. The van der Waals surface area contributed by atoms with Gasteiger partial charge in [0.1, 0.15) is 0 Å². The summed E-state index contributed by atoms with van der Waals surface area (Å²) in [6.07, 6.45) is 7.60. The van der Waals surface area contributed by atoms with Crippen molar-refractivity contribution in [1.29, 1.82) is 0 Å². The van der Waals surface area contributed by atoms with Gasteiger partial charge < -0.3 is 9.47 Å². The fourth-order valence-corrected chi connectivity index (χ4v) is 4.69. The first kappa shape index (κ1) is 14.9. The Hall–Kier alpha value is -0.990. The van der Waals surface area contributed by atoms with Crippen LogP contribution in [0.15, 0.2) is 35.8 Å². The average molecular weight is 328 g/mol. The summed E-state index contributed by atoms with van der Waals surface area (Å²) >= 11 is 1.48. The van der Waals surface area contributed by atoms with Crippen LogP contribution < -0.4 is 0 Å². The van der Waals surface area contributed by atoms with Crippen LogP contribution in [0, 0.1) is 0 Å². The molecule has 1 aliphatic carbocycles. The molecule has 1 aliphatic heterocycles. The molecule has 0 saturated carbocycles. The molecule has 1 saturated heterocycles. The monoisotopic (exact) mass is 328 g/mol. The van der Waals surface area contributed by atoms with E-state index in [0.29, 0.717) is 19.6 Å². The van der Waals surface area contributed by atoms with Crippen molar-refractivity contribution in [2.45, 2.75) is 18.1 Å². The lowest BCUT2D eigenvalue weighted by Crippen LogP contribution is -2.32. The van der Waals surface area contributed by atoms with Gasteiger partial charge in [0.2, 0.25) is 0 Å². The van der Waals surface area contributed by atoms with E-state index in [1.165, 1.54) is 11.3 Å². The highest BCUT2D eigenvalue weighted by Gasteiger charge is 2.36. The Morgan fingerprint density at radius 3 is 2.71 bits per heavy atom. The van der Waals surface area contributed by atoms with Crippen LogP contribution in [0.4, 0.5) is 0 Å². The lowest BCUT2D eigenvalue weighted by atomic mass is 9.78. The fourth-order valence-electron chi connectivity index (χ4n) is 2.65. The van der Waals surface area contributed by atoms with E-state index in [1.54, 1.807) is 0 Å². The van der Waals surface area contributed by atoms with Gasteiger partial charge in [-0.15, -0.1) is 11.3 Å². The van der Waals surface area contributed by atoms with E-state index in [2.05, 4.69) is 0 Å². The second kappa shape index (κ2) is 5.66. The van der Waals surface area contributed by atoms with E-state index in [-0.39, 0.29) is 12.0 Å². The van der Waals surface area contributed by atoms with Crippen molar-refractivity contribution in [3.8, 4) is 0 Å². The van der Waals surface area contributed by atoms with Crippen molar-refractivity contribution in [2.75, 3.05) is 19.0 Å². The minimum absolute atomic E-state index is 0.330. The second-order valence-corrected chi connectivity index (χ2v) is 7.58. The molecule has 0 spiro atoms. The predicted molar refractivity (Wildman–Crippen MR) is 80.0 cm³/mol. The molecule has 0 aromatic carbocycles. The van der Waals surface area contributed by atoms with Crippen molar-refractivity contribution < 1.29 is 22.4 Å². The highest BCUT2D eigenvalue weighted by molar-refractivity contribution is 7.85. The molecule has 0 bridgehead atoms. The molecule has 5 nitrogen and oxygen atoms in total. The molecular formula is C14H16O5S2. The van der Waals surface area contributed by atoms with Crippen molar-refractivity contribution in [3.63, 3.8) is 0 Å². The quantitative estimate of drug-likeness (QED) is 0.860. The Bertz CT molecular complexity index is 667. The van der Waals surface area contributed by atoms with Crippen LogP contribution >= 0.6 is 11.3 Å². The van der Waals surface area contributed by atoms with Crippen LogP contribution in [0.25, 0.3) is 0 Å². The van der Waals surface area contributed by atoms with Gasteiger partial charge in [0, 0.05) is 5.41 Å². The maximum absolute atomic E-state index is 11.4. The Kier molecular flexibility index (Phi) is 4.02. The molecule has 1 aromatic heterocycles. The number of ether oxygens (including phenoxy) is 2. The molecule has 1 atom stereocenters. The average Bonchev–Trinajstić information content (AvgIpc) is 3.09. The Morgan fingerprint density at radius 1 is 1.33 bits per heavy atom. The molecule has 1 unspecified atom stereocenters. The van der Waals surface area contributed by atoms with Crippen LogP contribution in [0.3, 0.4) is 0 Å². The lowest BCUT2D eigenvalue weighted by Gasteiger charge is -2.29. The summed E-state index contributed by atoms with van der Waals surface area (Å²) in [5.41, 5.74) is 0.134. The fraction of sp³-hybridized carbons (Fsp3) is 0.429. The molecule has 2 heterocycles. The summed E-state index contributed by atoms with van der Waals surface area (Å²) in [5.74, 6) is -0.330. The van der Waals surface area contributed by atoms with E-state index >= 15 is 0 Å². The van der Waals surface area contributed by atoms with Crippen LogP contribution in [0.2, 0.25) is 0 Å². The number of allylic oxidation sites excluding steroid dienone is 4. The Balaban J connectivity index is 1.93. The largest absolute Gasteiger partial charge is 0.345 e. The van der Waals surface area contributed by atoms with Gasteiger partial charge in [-0.25, -0.2) is 0 Å². The zero-order valence-corrected chi connectivity index (χ0v) is 12.9. The molecular weight excluding hydrogens is 312 g/mol. The molecule has 1 fully saturated rings. The van der Waals surface area contributed by atoms with Gasteiger partial charge in [-0.2, -0.15) is 8.42 Å². The Labute approximate surface area is 127 Å². The van der Waals surface area contributed by atoms with Crippen molar-refractivity contribution in [1.82, 2.24) is 0 Å². The Morgan fingerprint density at radius 2 is 2.10 bits per heavy atom. The molecule has 1 N–H and O–H groups in total. The zero-order chi connectivity index (χ0) is 14.9. The minimum atomic E-state index is -4.08. The van der Waals surface area contributed by atoms with Crippen LogP contribution in [-0.4, -0.2) is 31.9 Å². The first-order valence-corrected chi connectivity index (χ1v) is 9.09. The second-order valence-electron chi connectivity index (χ2n) is 5.19. The molecule has 1 aromatic rings. The maximum Gasteiger partial charge on any atom is 0.266 e. The molecule has 0 amide bonds. The maximum atomic E-state index is 11.4. The predicted octanol–water partition coefficient (Wildman–Crippen LogP) is 2.44. The van der Waals surface area contributed by atoms with Gasteiger partial charge in [-0.1, -0.05) is 24.3 Å². The van der Waals surface area contributed by atoms with Crippen molar-refractivity contribution in [2.24, 2.45) is 0 Å². The van der Waals surface area contributed by atoms with Gasteiger partial charge in [-0.3, -0.25) is 4.55 Å². The molecule has 114 valence electrons. The first-order valence-electron chi connectivity index (χ1n) is 6.60. The third kappa shape index (κ3) is 3.27. The molecule has 7 heteroatoms. The van der Waals surface area contributed by atoms with Crippen LogP contribution in [0.5, 0.6) is 0 Å². The lowest BCUT2D eigenvalue weighted by molar-refractivity contribution is -0.0413. The normalized spacial score (nSPS) is 26.5. The number of hydrogen-bond donors (Lipinski definition) is 1. The molecule has 21 heavy (non-hydrogen) atoms. The zero-order valence-electron chi connectivity index (χ0n) is 11.3. The van der Waals surface area contributed by atoms with E-state index in [0.717, 1.165) is 10.4 Å². The van der Waals surface area contributed by atoms with Crippen molar-refractivity contribution >= 4 is 21.5 Å². The number of hydrogen-bond acceptors (Lipinski definition) is 5. The smallest absolute Gasteiger partial charge is 0.266 e. The van der Waals surface area contributed by atoms with Crippen molar-refractivity contribution in [3.05, 3.63) is 46.2 Å². The molecule has 3 rings (SSSR count). The SMILES string of the molecule is O=S(=O)(O)CC1(c2csc(C3OCCO3)c2)C=CC=CC1. The van der Waals surface area contributed by atoms with E-state index < -0.39 is 15.5 Å². The first-order chi connectivity index (χ1) is 9.99. The standard InChI is InChI=1S/C14H16O5S2/c15-21(16,17)10-14(4-2-1-3-5-14)11-8-12(20-9-11)13-18-6-7-19-13/h1-4,8-9,13H,5-7,10H2,(H,15,16,17). The van der Waals surface area contributed by atoms with Gasteiger partial charge >= 0.3 is 0 Å². The number of thiophene rings is 1. The van der Waals surface area contributed by atoms with Gasteiger partial charge in [-0.05, 0) is 23.4 Å². The minimum Gasteiger partial charge on any atom is -0.345 e. The van der Waals surface area contributed by atoms with E-state index in [4.69, 9.17) is 9.47 Å². The van der Waals surface area contributed by atoms with Gasteiger partial charge in [0.05, 0.1) is 23.8 Å². The van der Waals surface area contributed by atoms with E-state index in [1.807, 2.05) is 35.8 Å². The summed E-state index contributed by atoms with van der Waals surface area (Å²) < 4.78 is 43.0. The topological polar surface area (TPSA) is 72.8 Å². The highest BCUT2D eigenvalue weighted by atomic mass is 32.2. The highest BCUT2D eigenvalue weighted by Crippen LogP contribution is 2.39. The summed E-state index contributed by atoms with van der Waals surface area (Å²) in [5, 5.41) is 1.91. The van der Waals surface area contributed by atoms with Crippen LogP contribution in [-0.2, 0) is 25.0 Å². The summed E-state index contributed by atoms with van der Waals surface area (Å²) in [6, 6.07) is 1.91. The number of rotatable bonds is 4. The third-order valence-corrected chi connectivity index (χ3v) is 5.47. The van der Waals surface area contributed by atoms with E-state index in [9.17, 15) is 13.0 Å². The summed E-state index contributed by atoms with van der Waals surface area (Å²) in [6.45, 7) is 1.13. The molecule has 2 aliphatic rings. The van der Waals surface area contributed by atoms with Gasteiger partial charge in [0.25, 0.3) is 10.1 Å². The van der Waals surface area contributed by atoms with Gasteiger partial charge in [0.15, 0.2) is 6.29 Å². The summed E-state index contributed by atoms with van der Waals surface area (Å²) in [4.78, 5) is 0.917. The van der Waals surface area contributed by atoms with Crippen LogP contribution in [0.1, 0.15) is 23.2 Å².